The summed E-state index contributed by atoms with van der Waals surface area (Å²) in [6.07, 6.45) is 5.23. The van der Waals surface area contributed by atoms with Crippen LogP contribution in [0, 0.1) is 19.8 Å². The Morgan fingerprint density at radius 3 is 1.50 bits per heavy atom. The zero-order valence-corrected chi connectivity index (χ0v) is 24.6. The van der Waals surface area contributed by atoms with Crippen molar-refractivity contribution >= 4 is 0 Å². The van der Waals surface area contributed by atoms with Crippen LogP contribution in [0.4, 0.5) is 0 Å². The van der Waals surface area contributed by atoms with E-state index < -0.39 is 0 Å². The lowest BCUT2D eigenvalue weighted by atomic mass is 9.60. The molecule has 0 amide bonds. The first-order chi connectivity index (χ1) is 17.6. The van der Waals surface area contributed by atoms with Crippen LogP contribution >= 0.6 is 0 Å². The van der Waals surface area contributed by atoms with Gasteiger partial charge in [0.15, 0.2) is 0 Å². The summed E-state index contributed by atoms with van der Waals surface area (Å²) in [6.45, 7) is 17.2. The van der Waals surface area contributed by atoms with Gasteiger partial charge in [-0.15, -0.1) is 0 Å². The Kier molecular flexibility index (Phi) is 7.38. The van der Waals surface area contributed by atoms with Crippen molar-refractivity contribution in [3.8, 4) is 17.2 Å². The van der Waals surface area contributed by atoms with Crippen LogP contribution in [0.1, 0.15) is 106 Å². The van der Waals surface area contributed by atoms with Crippen LogP contribution in [0.25, 0.3) is 0 Å². The van der Waals surface area contributed by atoms with E-state index in [-0.39, 0.29) is 16.2 Å². The Morgan fingerprint density at radius 2 is 1.11 bits per heavy atom. The molecular weight excluding hydrogens is 468 g/mol. The highest BCUT2D eigenvalue weighted by atomic mass is 16.3. The van der Waals surface area contributed by atoms with E-state index >= 15 is 0 Å². The number of hydrogen-bond donors (Lipinski definition) is 3. The van der Waals surface area contributed by atoms with Gasteiger partial charge >= 0.3 is 0 Å². The fourth-order valence-corrected chi connectivity index (χ4v) is 6.64. The van der Waals surface area contributed by atoms with E-state index in [0.717, 1.165) is 54.4 Å². The first-order valence-electron chi connectivity index (χ1n) is 14.1. The number of aromatic hydroxyl groups is 3. The molecule has 1 aliphatic carbocycles. The molecule has 3 nitrogen and oxygen atoms in total. The van der Waals surface area contributed by atoms with Crippen molar-refractivity contribution in [2.24, 2.45) is 5.92 Å². The van der Waals surface area contributed by atoms with Crippen molar-refractivity contribution < 1.29 is 15.3 Å². The van der Waals surface area contributed by atoms with Crippen molar-refractivity contribution in [3.63, 3.8) is 0 Å². The number of aryl methyl sites for hydroxylation is 2. The largest absolute Gasteiger partial charge is 0.508 e. The topological polar surface area (TPSA) is 60.7 Å². The van der Waals surface area contributed by atoms with E-state index in [1.165, 1.54) is 16.7 Å². The van der Waals surface area contributed by atoms with Crippen LogP contribution in [0.15, 0.2) is 48.5 Å². The Balaban J connectivity index is 1.85. The summed E-state index contributed by atoms with van der Waals surface area (Å²) in [5, 5.41) is 31.5. The van der Waals surface area contributed by atoms with Gasteiger partial charge in [0.1, 0.15) is 17.2 Å². The van der Waals surface area contributed by atoms with Gasteiger partial charge in [0.25, 0.3) is 0 Å². The second-order valence-electron chi connectivity index (χ2n) is 13.8. The molecule has 0 aliphatic heterocycles. The normalized spacial score (nSPS) is 16.5. The highest BCUT2D eigenvalue weighted by Gasteiger charge is 2.42. The van der Waals surface area contributed by atoms with Gasteiger partial charge in [-0.3, -0.25) is 0 Å². The second-order valence-corrected chi connectivity index (χ2v) is 13.8. The SMILES string of the molecule is Cc1cc(O)c(C(C)(C)C)cc1C1(c2cc(C(C)(C)C)c(O)cc2C)CCC(Cc2ccc(O)cc2)CC1. The van der Waals surface area contributed by atoms with Gasteiger partial charge in [-0.2, -0.15) is 0 Å². The number of rotatable bonds is 4. The van der Waals surface area contributed by atoms with Crippen molar-refractivity contribution in [2.45, 2.75) is 104 Å². The van der Waals surface area contributed by atoms with Crippen LogP contribution in [-0.4, -0.2) is 15.3 Å². The number of hydrogen-bond acceptors (Lipinski definition) is 3. The summed E-state index contributed by atoms with van der Waals surface area (Å²) in [5.74, 6) is 1.62. The molecule has 0 aromatic heterocycles. The lowest BCUT2D eigenvalue weighted by Gasteiger charge is -2.44. The molecule has 1 fully saturated rings. The molecule has 0 saturated heterocycles. The smallest absolute Gasteiger partial charge is 0.119 e. The molecule has 3 heteroatoms. The Morgan fingerprint density at radius 1 is 0.684 bits per heavy atom. The molecule has 0 unspecified atom stereocenters. The van der Waals surface area contributed by atoms with Gasteiger partial charge < -0.3 is 15.3 Å². The van der Waals surface area contributed by atoms with Crippen LogP contribution in [0.3, 0.4) is 0 Å². The van der Waals surface area contributed by atoms with Crippen LogP contribution in [0.5, 0.6) is 17.2 Å². The molecule has 1 aliphatic rings. The van der Waals surface area contributed by atoms with Crippen molar-refractivity contribution in [2.75, 3.05) is 0 Å². The van der Waals surface area contributed by atoms with E-state index in [1.54, 1.807) is 12.1 Å². The molecule has 4 rings (SSSR count). The predicted octanol–water partition coefficient (Wildman–Crippen LogP) is 8.73. The minimum Gasteiger partial charge on any atom is -0.508 e. The molecule has 38 heavy (non-hydrogen) atoms. The van der Waals surface area contributed by atoms with Crippen molar-refractivity contribution in [3.05, 3.63) is 87.5 Å². The van der Waals surface area contributed by atoms with E-state index in [0.29, 0.717) is 23.2 Å². The number of phenolic OH excluding ortho intramolecular Hbond substituents is 3. The van der Waals surface area contributed by atoms with Gasteiger partial charge in [-0.25, -0.2) is 0 Å². The molecule has 0 bridgehead atoms. The Hall–Kier alpha value is -2.94. The average molecular weight is 515 g/mol. The standard InChI is InChI=1S/C35H46O3/c1-22-17-31(37)29(33(3,4)5)20-27(22)35(28-21-30(34(6,7)8)32(38)18-23(28)2)15-13-25(14-16-35)19-24-9-11-26(36)12-10-24/h9-12,17-18,20-21,25,36-38H,13-16,19H2,1-8H3. The molecule has 3 N–H and O–H groups in total. The van der Waals surface area contributed by atoms with Crippen LogP contribution in [-0.2, 0) is 22.7 Å². The Bertz CT molecular complexity index is 1220. The molecule has 1 saturated carbocycles. The predicted molar refractivity (Wildman–Crippen MR) is 158 cm³/mol. The molecule has 3 aromatic carbocycles. The lowest BCUT2D eigenvalue weighted by molar-refractivity contribution is 0.262. The first-order valence-corrected chi connectivity index (χ1v) is 14.1. The molecular formula is C35H46O3. The third kappa shape index (κ3) is 5.44. The van der Waals surface area contributed by atoms with Crippen molar-refractivity contribution in [1.29, 1.82) is 0 Å². The van der Waals surface area contributed by atoms with Gasteiger partial charge in [-0.05, 0) is 126 Å². The molecule has 3 aromatic rings. The third-order valence-electron chi connectivity index (χ3n) is 8.75. The minimum atomic E-state index is -0.193. The highest BCUT2D eigenvalue weighted by molar-refractivity contribution is 5.56. The Labute approximate surface area is 229 Å². The summed E-state index contributed by atoms with van der Waals surface area (Å²) in [5.41, 5.74) is 7.54. The molecule has 0 atom stereocenters. The van der Waals surface area contributed by atoms with Gasteiger partial charge in [0.05, 0.1) is 0 Å². The zero-order valence-electron chi connectivity index (χ0n) is 24.6. The second kappa shape index (κ2) is 9.98. The summed E-state index contributed by atoms with van der Waals surface area (Å²) in [6, 6.07) is 16.1. The van der Waals surface area contributed by atoms with E-state index in [4.69, 9.17) is 0 Å². The summed E-state index contributed by atoms with van der Waals surface area (Å²) >= 11 is 0. The van der Waals surface area contributed by atoms with Crippen LogP contribution in [0.2, 0.25) is 0 Å². The average Bonchev–Trinajstić information content (AvgIpc) is 2.80. The van der Waals surface area contributed by atoms with E-state index in [1.807, 2.05) is 24.3 Å². The summed E-state index contributed by atoms with van der Waals surface area (Å²) in [7, 11) is 0. The third-order valence-corrected chi connectivity index (χ3v) is 8.75. The quantitative estimate of drug-likeness (QED) is 0.326. The van der Waals surface area contributed by atoms with Gasteiger partial charge in [0.2, 0.25) is 0 Å². The summed E-state index contributed by atoms with van der Waals surface area (Å²) in [4.78, 5) is 0. The molecule has 0 spiro atoms. The summed E-state index contributed by atoms with van der Waals surface area (Å²) < 4.78 is 0. The zero-order chi connectivity index (χ0) is 28.0. The van der Waals surface area contributed by atoms with E-state index in [2.05, 4.69) is 67.5 Å². The number of phenols is 3. The minimum absolute atomic E-state index is 0.176. The molecule has 0 heterocycles. The van der Waals surface area contributed by atoms with Gasteiger partial charge in [0, 0.05) is 5.41 Å². The molecule has 204 valence electrons. The van der Waals surface area contributed by atoms with E-state index in [9.17, 15) is 15.3 Å². The maximum Gasteiger partial charge on any atom is 0.119 e. The first kappa shape index (κ1) is 28.1. The van der Waals surface area contributed by atoms with Crippen molar-refractivity contribution in [1.82, 2.24) is 0 Å². The highest BCUT2D eigenvalue weighted by Crippen LogP contribution is 2.52. The fourth-order valence-electron chi connectivity index (χ4n) is 6.64. The lowest BCUT2D eigenvalue weighted by Crippen LogP contribution is -2.36. The molecule has 0 radical (unpaired) electrons. The van der Waals surface area contributed by atoms with Gasteiger partial charge in [-0.1, -0.05) is 65.8 Å². The van der Waals surface area contributed by atoms with Crippen LogP contribution < -0.4 is 0 Å². The maximum absolute atomic E-state index is 10.9. The monoisotopic (exact) mass is 514 g/mol. The fraction of sp³-hybridized carbons (Fsp3) is 0.486. The maximum atomic E-state index is 10.9. The number of benzene rings is 3.